The van der Waals surface area contributed by atoms with Crippen molar-refractivity contribution in [3.63, 3.8) is 0 Å². The van der Waals surface area contributed by atoms with Crippen LogP contribution in [-0.2, 0) is 0 Å². The van der Waals surface area contributed by atoms with Gasteiger partial charge in [-0.15, -0.1) is 0 Å². The van der Waals surface area contributed by atoms with Crippen molar-refractivity contribution >= 4 is 34.2 Å². The summed E-state index contributed by atoms with van der Waals surface area (Å²) in [7, 11) is 0. The number of hydrogen-bond acceptors (Lipinski definition) is 9. The van der Waals surface area contributed by atoms with Crippen LogP contribution in [0.4, 0.5) is 11.8 Å². The maximum Gasteiger partial charge on any atom is 0.263 e. The molecule has 2 aliphatic heterocycles. The number of piperidine rings is 2. The SMILES string of the molecule is Cc1nsc(C2CCN(c3nc(NC4CCCNC4)c(-c4ccc5ccccc5n4)c(=O)[nH]3)CC2)n1. The van der Waals surface area contributed by atoms with Crippen LogP contribution < -0.4 is 21.1 Å². The first kappa shape index (κ1) is 23.1. The van der Waals surface area contributed by atoms with E-state index in [0.29, 0.717) is 28.9 Å². The third-order valence-corrected chi connectivity index (χ3v) is 8.05. The van der Waals surface area contributed by atoms with Crippen molar-refractivity contribution in [2.75, 3.05) is 36.4 Å². The molecule has 2 saturated heterocycles. The highest BCUT2D eigenvalue weighted by molar-refractivity contribution is 7.05. The van der Waals surface area contributed by atoms with E-state index in [1.54, 1.807) is 0 Å². The van der Waals surface area contributed by atoms with Gasteiger partial charge in [0.2, 0.25) is 5.95 Å². The third-order valence-electron chi connectivity index (χ3n) is 7.09. The molecule has 0 spiro atoms. The van der Waals surface area contributed by atoms with E-state index in [2.05, 4.69) is 29.9 Å². The van der Waals surface area contributed by atoms with Crippen LogP contribution in [0.5, 0.6) is 0 Å². The first-order valence-corrected chi connectivity index (χ1v) is 13.4. The Hall–Kier alpha value is -3.37. The summed E-state index contributed by atoms with van der Waals surface area (Å²) in [6.07, 6.45) is 4.05. The summed E-state index contributed by atoms with van der Waals surface area (Å²) < 4.78 is 4.34. The monoisotopic (exact) mass is 502 g/mol. The first-order valence-electron chi connectivity index (χ1n) is 12.7. The van der Waals surface area contributed by atoms with Gasteiger partial charge in [0.15, 0.2) is 0 Å². The Morgan fingerprint density at radius 2 is 1.92 bits per heavy atom. The quantitative estimate of drug-likeness (QED) is 0.379. The van der Waals surface area contributed by atoms with Gasteiger partial charge in [-0.2, -0.15) is 9.36 Å². The van der Waals surface area contributed by atoms with Crippen molar-refractivity contribution in [3.8, 4) is 11.3 Å². The lowest BCUT2D eigenvalue weighted by Gasteiger charge is -2.32. The molecule has 3 N–H and O–H groups in total. The second-order valence-corrected chi connectivity index (χ2v) is 10.4. The topological polar surface area (TPSA) is 112 Å². The van der Waals surface area contributed by atoms with E-state index >= 15 is 0 Å². The highest BCUT2D eigenvalue weighted by Gasteiger charge is 2.27. The smallest absolute Gasteiger partial charge is 0.263 e. The van der Waals surface area contributed by atoms with Crippen LogP contribution in [0, 0.1) is 6.92 Å². The Balaban J connectivity index is 1.32. The minimum Gasteiger partial charge on any atom is -0.365 e. The zero-order valence-electron chi connectivity index (χ0n) is 20.3. The van der Waals surface area contributed by atoms with Crippen LogP contribution in [0.2, 0.25) is 0 Å². The molecule has 2 fully saturated rings. The maximum atomic E-state index is 13.5. The van der Waals surface area contributed by atoms with Gasteiger partial charge in [0, 0.05) is 37.0 Å². The predicted molar refractivity (Wildman–Crippen MR) is 144 cm³/mol. The fourth-order valence-electron chi connectivity index (χ4n) is 5.14. The van der Waals surface area contributed by atoms with Gasteiger partial charge >= 0.3 is 0 Å². The lowest BCUT2D eigenvalue weighted by molar-refractivity contribution is 0.478. The molecule has 9 nitrogen and oxygen atoms in total. The van der Waals surface area contributed by atoms with Gasteiger partial charge in [-0.05, 0) is 62.8 Å². The van der Waals surface area contributed by atoms with E-state index in [0.717, 1.165) is 73.6 Å². The number of nitrogens with zero attached hydrogens (tertiary/aromatic N) is 5. The van der Waals surface area contributed by atoms with Gasteiger partial charge in [-0.25, -0.2) is 9.97 Å². The van der Waals surface area contributed by atoms with Gasteiger partial charge in [0.05, 0.1) is 11.2 Å². The summed E-state index contributed by atoms with van der Waals surface area (Å²) in [5.41, 5.74) is 1.81. The number of aryl methyl sites for hydroxylation is 1. The largest absolute Gasteiger partial charge is 0.365 e. The Bertz CT molecular complexity index is 1420. The highest BCUT2D eigenvalue weighted by Crippen LogP contribution is 2.32. The Kier molecular flexibility index (Phi) is 6.37. The van der Waals surface area contributed by atoms with Gasteiger partial charge in [0.1, 0.15) is 22.2 Å². The van der Waals surface area contributed by atoms with Gasteiger partial charge in [0.25, 0.3) is 5.56 Å². The van der Waals surface area contributed by atoms with E-state index in [9.17, 15) is 4.79 Å². The first-order chi connectivity index (χ1) is 17.6. The second kappa shape index (κ2) is 9.94. The molecule has 4 aromatic rings. The lowest BCUT2D eigenvalue weighted by atomic mass is 9.98. The lowest BCUT2D eigenvalue weighted by Crippen LogP contribution is -2.40. The standard InChI is InChI=1S/C26H30N8OS/c1-16-28-25(36-33-16)18-10-13-34(14-11-18)26-31-23(29-19-6-4-12-27-15-19)22(24(35)32-26)21-9-8-17-5-2-3-7-20(17)30-21/h2-3,5,7-9,18-19,27H,4,6,10-15H2,1H3,(H2,29,31,32,35). The number of hydrogen-bond donors (Lipinski definition) is 3. The molecule has 6 rings (SSSR count). The van der Waals surface area contributed by atoms with Crippen molar-refractivity contribution < 1.29 is 0 Å². The molecule has 3 aromatic heterocycles. The van der Waals surface area contributed by atoms with Crippen LogP contribution in [0.1, 0.15) is 42.4 Å². The van der Waals surface area contributed by atoms with Crippen molar-refractivity contribution in [3.05, 3.63) is 57.6 Å². The number of aromatic nitrogens is 5. The molecule has 1 aromatic carbocycles. The predicted octanol–water partition coefficient (Wildman–Crippen LogP) is 3.69. The number of rotatable bonds is 5. The Labute approximate surface area is 213 Å². The summed E-state index contributed by atoms with van der Waals surface area (Å²) >= 11 is 1.50. The molecule has 1 unspecified atom stereocenters. The van der Waals surface area contributed by atoms with Crippen molar-refractivity contribution in [2.45, 2.75) is 44.6 Å². The van der Waals surface area contributed by atoms with E-state index in [-0.39, 0.29) is 11.6 Å². The molecule has 2 aliphatic rings. The number of aromatic amines is 1. The average Bonchev–Trinajstić information content (AvgIpc) is 3.35. The molecule has 36 heavy (non-hydrogen) atoms. The molecule has 0 aliphatic carbocycles. The molecule has 0 bridgehead atoms. The van der Waals surface area contributed by atoms with Crippen molar-refractivity contribution in [2.24, 2.45) is 0 Å². The summed E-state index contributed by atoms with van der Waals surface area (Å²) in [5, 5.41) is 9.17. The van der Waals surface area contributed by atoms with E-state index in [4.69, 9.17) is 9.97 Å². The third kappa shape index (κ3) is 4.70. The number of para-hydroxylation sites is 1. The van der Waals surface area contributed by atoms with E-state index < -0.39 is 0 Å². The average molecular weight is 503 g/mol. The molecule has 186 valence electrons. The van der Waals surface area contributed by atoms with Gasteiger partial charge in [-0.3, -0.25) is 9.78 Å². The number of benzene rings is 1. The van der Waals surface area contributed by atoms with Gasteiger partial charge < -0.3 is 15.5 Å². The Morgan fingerprint density at radius 1 is 1.06 bits per heavy atom. The molecule has 5 heterocycles. The second-order valence-electron chi connectivity index (χ2n) is 9.63. The molecular weight excluding hydrogens is 472 g/mol. The van der Waals surface area contributed by atoms with Crippen LogP contribution >= 0.6 is 11.5 Å². The fourth-order valence-corrected chi connectivity index (χ4v) is 5.97. The molecule has 0 amide bonds. The van der Waals surface area contributed by atoms with Crippen molar-refractivity contribution in [1.82, 2.24) is 29.6 Å². The fraction of sp³-hybridized carbons (Fsp3) is 0.423. The minimum atomic E-state index is -0.170. The summed E-state index contributed by atoms with van der Waals surface area (Å²) in [5.74, 6) is 2.47. The molecular formula is C26H30N8OS. The van der Waals surface area contributed by atoms with Crippen LogP contribution in [0.15, 0.2) is 41.2 Å². The zero-order valence-corrected chi connectivity index (χ0v) is 21.1. The van der Waals surface area contributed by atoms with E-state index in [1.165, 1.54) is 11.5 Å². The zero-order chi connectivity index (χ0) is 24.5. The molecule has 0 radical (unpaired) electrons. The van der Waals surface area contributed by atoms with Gasteiger partial charge in [-0.1, -0.05) is 24.3 Å². The summed E-state index contributed by atoms with van der Waals surface area (Å²) in [6, 6.07) is 12.1. The number of H-pyrrole nitrogens is 1. The number of anilines is 2. The summed E-state index contributed by atoms with van der Waals surface area (Å²) in [6.45, 7) is 5.43. The number of fused-ring (bicyclic) bond motifs is 1. The summed E-state index contributed by atoms with van der Waals surface area (Å²) in [4.78, 5) is 33.1. The molecule has 10 heteroatoms. The maximum absolute atomic E-state index is 13.5. The minimum absolute atomic E-state index is 0.170. The number of pyridine rings is 1. The van der Waals surface area contributed by atoms with Crippen LogP contribution in [0.3, 0.4) is 0 Å². The van der Waals surface area contributed by atoms with E-state index in [1.807, 2.05) is 43.3 Å². The Morgan fingerprint density at radius 3 is 2.69 bits per heavy atom. The van der Waals surface area contributed by atoms with Crippen LogP contribution in [-0.4, -0.2) is 56.5 Å². The molecule has 1 atom stereocenters. The normalized spacial score (nSPS) is 19.0. The number of nitrogens with one attached hydrogen (secondary N) is 3. The van der Waals surface area contributed by atoms with Crippen molar-refractivity contribution in [1.29, 1.82) is 0 Å². The van der Waals surface area contributed by atoms with Crippen LogP contribution in [0.25, 0.3) is 22.2 Å². The highest BCUT2D eigenvalue weighted by atomic mass is 32.1. The molecule has 0 saturated carbocycles.